The summed E-state index contributed by atoms with van der Waals surface area (Å²) in [6, 6.07) is 30.3. The van der Waals surface area contributed by atoms with E-state index in [2.05, 4.69) is 176 Å². The predicted molar refractivity (Wildman–Crippen MR) is 243 cm³/mol. The van der Waals surface area contributed by atoms with Gasteiger partial charge in [0, 0.05) is 41.0 Å². The molecule has 3 aromatic carbocycles. The fourth-order valence-corrected chi connectivity index (χ4v) is 13.0. The molecule has 1 fully saturated rings. The van der Waals surface area contributed by atoms with Crippen molar-refractivity contribution in [1.29, 1.82) is 0 Å². The SMILES string of the molecule is CC1C2=CCC(C3C=CC4C(C3)c3ccccc3N4C3=CCCC4C3OC3C=CC=CC34)C=C2c2ccccc2C1C1=CC(C2=CCCC=C2)=CC(c2ccccc2)C1. The molecule has 0 radical (unpaired) electrons. The highest BCUT2D eigenvalue weighted by Gasteiger charge is 2.50. The summed E-state index contributed by atoms with van der Waals surface area (Å²) in [7, 11) is 0. The van der Waals surface area contributed by atoms with Crippen LogP contribution in [0.4, 0.5) is 5.69 Å². The van der Waals surface area contributed by atoms with Crippen molar-refractivity contribution in [1.82, 2.24) is 0 Å². The van der Waals surface area contributed by atoms with Gasteiger partial charge in [-0.2, -0.15) is 0 Å². The number of benzene rings is 3. The van der Waals surface area contributed by atoms with Crippen molar-refractivity contribution in [2.75, 3.05) is 4.90 Å². The highest BCUT2D eigenvalue weighted by atomic mass is 16.5. The minimum Gasteiger partial charge on any atom is -0.364 e. The van der Waals surface area contributed by atoms with E-state index < -0.39 is 0 Å². The second-order valence-electron chi connectivity index (χ2n) is 18.7. The molecule has 0 bridgehead atoms. The van der Waals surface area contributed by atoms with Gasteiger partial charge in [0.25, 0.3) is 0 Å². The molecule has 59 heavy (non-hydrogen) atoms. The lowest BCUT2D eigenvalue weighted by atomic mass is 9.62. The van der Waals surface area contributed by atoms with Gasteiger partial charge in [-0.3, -0.25) is 0 Å². The lowest BCUT2D eigenvalue weighted by Crippen LogP contribution is -2.41. The zero-order valence-corrected chi connectivity index (χ0v) is 34.2. The van der Waals surface area contributed by atoms with E-state index in [-0.39, 0.29) is 12.2 Å². The molecule has 3 aromatic rings. The van der Waals surface area contributed by atoms with Crippen LogP contribution in [0, 0.1) is 29.6 Å². The molecule has 2 aliphatic heterocycles. The van der Waals surface area contributed by atoms with Gasteiger partial charge in [0.2, 0.25) is 0 Å². The number of rotatable bonds is 5. The van der Waals surface area contributed by atoms with E-state index in [1.54, 1.807) is 11.1 Å². The fraction of sp³-hybridized carbons (Fsp3) is 0.333. The van der Waals surface area contributed by atoms with E-state index in [1.165, 1.54) is 63.2 Å². The predicted octanol–water partition coefficient (Wildman–Crippen LogP) is 13.4. The van der Waals surface area contributed by atoms with Crippen molar-refractivity contribution in [3.8, 4) is 0 Å². The maximum Gasteiger partial charge on any atom is 0.101 e. The quantitative estimate of drug-likeness (QED) is 0.240. The molecule has 7 aliphatic carbocycles. The Balaban J connectivity index is 0.858. The normalized spacial score (nSPS) is 34.8. The van der Waals surface area contributed by atoms with E-state index >= 15 is 0 Å². The van der Waals surface area contributed by atoms with Crippen molar-refractivity contribution in [3.63, 3.8) is 0 Å². The highest BCUT2D eigenvalue weighted by molar-refractivity contribution is 5.86. The molecule has 0 N–H and O–H groups in total. The lowest BCUT2D eigenvalue weighted by Gasteiger charge is -2.42. The number of para-hydroxylation sites is 1. The van der Waals surface area contributed by atoms with E-state index in [0.29, 0.717) is 53.4 Å². The van der Waals surface area contributed by atoms with Crippen LogP contribution >= 0.6 is 0 Å². The fourth-order valence-electron chi connectivity index (χ4n) is 13.0. The second kappa shape index (κ2) is 14.5. The van der Waals surface area contributed by atoms with Crippen molar-refractivity contribution < 1.29 is 4.74 Å². The van der Waals surface area contributed by atoms with Gasteiger partial charge in [-0.25, -0.2) is 0 Å². The van der Waals surface area contributed by atoms with Crippen LogP contribution in [0.1, 0.15) is 91.9 Å². The Morgan fingerprint density at radius 1 is 0.729 bits per heavy atom. The molecular formula is C57H55NO. The number of anilines is 1. The van der Waals surface area contributed by atoms with Gasteiger partial charge >= 0.3 is 0 Å². The number of hydrogen-bond acceptors (Lipinski definition) is 2. The highest BCUT2D eigenvalue weighted by Crippen LogP contribution is 2.57. The second-order valence-corrected chi connectivity index (χ2v) is 18.7. The molecule has 11 unspecified atom stereocenters. The Hall–Kier alpha value is -5.18. The molecule has 0 aromatic heterocycles. The monoisotopic (exact) mass is 769 g/mol. The lowest BCUT2D eigenvalue weighted by molar-refractivity contribution is 0.0722. The van der Waals surface area contributed by atoms with Crippen LogP contribution in [0.25, 0.3) is 5.57 Å². The van der Waals surface area contributed by atoms with Gasteiger partial charge in [-0.15, -0.1) is 0 Å². The smallest absolute Gasteiger partial charge is 0.101 e. The minimum absolute atomic E-state index is 0.158. The Labute approximate surface area is 351 Å². The zero-order chi connectivity index (χ0) is 39.0. The van der Waals surface area contributed by atoms with Crippen molar-refractivity contribution in [2.45, 2.75) is 87.9 Å². The largest absolute Gasteiger partial charge is 0.364 e. The topological polar surface area (TPSA) is 12.5 Å². The average Bonchev–Trinajstić information content (AvgIpc) is 3.85. The van der Waals surface area contributed by atoms with Gasteiger partial charge in [0.15, 0.2) is 0 Å². The first-order chi connectivity index (χ1) is 29.2. The van der Waals surface area contributed by atoms with Crippen LogP contribution < -0.4 is 4.90 Å². The summed E-state index contributed by atoms with van der Waals surface area (Å²) in [6.07, 6.45) is 42.8. The van der Waals surface area contributed by atoms with Gasteiger partial charge in [0.1, 0.15) is 6.10 Å². The van der Waals surface area contributed by atoms with Gasteiger partial charge in [0.05, 0.1) is 12.1 Å². The Kier molecular flexibility index (Phi) is 8.80. The molecular weight excluding hydrogens is 715 g/mol. The van der Waals surface area contributed by atoms with Gasteiger partial charge in [-0.05, 0) is 113 Å². The third-order valence-corrected chi connectivity index (χ3v) is 15.7. The molecule has 0 amide bonds. The summed E-state index contributed by atoms with van der Waals surface area (Å²) in [5.74, 6) is 3.65. The molecule has 2 heterocycles. The number of fused-ring (bicyclic) bond motifs is 9. The molecule has 12 rings (SSSR count). The molecule has 0 spiro atoms. The maximum atomic E-state index is 6.90. The molecule has 11 atom stereocenters. The van der Waals surface area contributed by atoms with Crippen LogP contribution in [0.2, 0.25) is 0 Å². The number of nitrogens with zero attached hydrogens (tertiary/aromatic N) is 1. The standard InChI is InChI=1S/C57H55NO/c1-36-44-29-27-39(40-28-30-53-51(35-40)46-20-10-12-24-52(46)58(53)54-25-14-23-49-47-21-11-13-26-55(47)59-57(49)54)34-50(44)45-19-8-9-22-48(45)56(36)43-32-41(37-15-4-2-5-16-37)31-42(33-43)38-17-6-3-7-18-38/h2,4-6,8-13,15-22,24-26,28-31,33-34,36,39-41,47,49,51,53,55-57H,3,7,14,23,27,32,35H2,1H3. The molecule has 294 valence electrons. The van der Waals surface area contributed by atoms with Crippen molar-refractivity contribution >= 4 is 11.3 Å². The molecule has 9 aliphatic rings. The van der Waals surface area contributed by atoms with Crippen LogP contribution in [0.5, 0.6) is 0 Å². The first-order valence-corrected chi connectivity index (χ1v) is 22.8. The summed E-state index contributed by atoms with van der Waals surface area (Å²) in [5, 5.41) is 0. The third-order valence-electron chi connectivity index (χ3n) is 15.7. The summed E-state index contributed by atoms with van der Waals surface area (Å²) < 4.78 is 6.90. The van der Waals surface area contributed by atoms with Crippen molar-refractivity contribution in [2.24, 2.45) is 29.6 Å². The Morgan fingerprint density at radius 3 is 2.47 bits per heavy atom. The summed E-state index contributed by atoms with van der Waals surface area (Å²) in [4.78, 5) is 2.70. The first-order valence-electron chi connectivity index (χ1n) is 22.8. The Morgan fingerprint density at radius 2 is 1.58 bits per heavy atom. The van der Waals surface area contributed by atoms with E-state index in [4.69, 9.17) is 4.74 Å². The number of hydrogen-bond donors (Lipinski definition) is 0. The molecule has 1 saturated heterocycles. The van der Waals surface area contributed by atoms with Crippen LogP contribution in [-0.2, 0) is 4.74 Å². The van der Waals surface area contributed by atoms with Crippen molar-refractivity contribution in [3.05, 3.63) is 214 Å². The van der Waals surface area contributed by atoms with E-state index in [9.17, 15) is 0 Å². The van der Waals surface area contributed by atoms with Crippen LogP contribution in [0.3, 0.4) is 0 Å². The van der Waals surface area contributed by atoms with Crippen LogP contribution in [0.15, 0.2) is 192 Å². The summed E-state index contributed by atoms with van der Waals surface area (Å²) in [6.45, 7) is 2.52. The number of allylic oxidation sites excluding steroid dienone is 16. The summed E-state index contributed by atoms with van der Waals surface area (Å²) in [5.41, 5.74) is 16.1. The molecule has 0 saturated carbocycles. The zero-order valence-electron chi connectivity index (χ0n) is 34.2. The van der Waals surface area contributed by atoms with E-state index in [0.717, 1.165) is 32.1 Å². The number of ether oxygens (including phenoxy) is 1. The molecule has 2 nitrogen and oxygen atoms in total. The minimum atomic E-state index is 0.158. The molecule has 2 heteroatoms. The summed E-state index contributed by atoms with van der Waals surface area (Å²) >= 11 is 0. The third kappa shape index (κ3) is 5.92. The maximum absolute atomic E-state index is 6.90. The Bertz CT molecular complexity index is 2500. The van der Waals surface area contributed by atoms with Gasteiger partial charge in [-0.1, -0.05) is 170 Å². The average molecular weight is 770 g/mol. The van der Waals surface area contributed by atoms with Gasteiger partial charge < -0.3 is 9.64 Å². The van der Waals surface area contributed by atoms with E-state index in [1.807, 2.05) is 0 Å². The first kappa shape index (κ1) is 35.7. The van der Waals surface area contributed by atoms with Crippen LogP contribution in [-0.4, -0.2) is 18.2 Å².